The molecule has 0 bridgehead atoms. The van der Waals surface area contributed by atoms with Crippen molar-refractivity contribution in [1.29, 1.82) is 0 Å². The molecule has 1 N–H and O–H groups in total. The van der Waals surface area contributed by atoms with Crippen LogP contribution in [0.2, 0.25) is 0 Å². The number of halogens is 1. The Balaban J connectivity index is 1.78. The van der Waals surface area contributed by atoms with Crippen LogP contribution < -0.4 is 10.2 Å². The molecular formula is C25H26FN3O4S. The molecule has 1 amide bonds. The first-order valence-corrected chi connectivity index (χ1v) is 12.1. The van der Waals surface area contributed by atoms with Crippen molar-refractivity contribution >= 4 is 22.1 Å². The van der Waals surface area contributed by atoms with Gasteiger partial charge in [-0.1, -0.05) is 42.0 Å². The van der Waals surface area contributed by atoms with Crippen LogP contribution in [0.25, 0.3) is 0 Å². The van der Waals surface area contributed by atoms with E-state index in [1.54, 1.807) is 24.3 Å². The smallest absolute Gasteiger partial charge is 0.255 e. The van der Waals surface area contributed by atoms with Crippen LogP contribution in [0, 0.1) is 12.7 Å². The molecule has 0 aliphatic heterocycles. The Morgan fingerprint density at radius 3 is 2.41 bits per heavy atom. The summed E-state index contributed by atoms with van der Waals surface area (Å²) in [5.74, 6) is -0.443. The molecule has 3 aromatic rings. The predicted molar refractivity (Wildman–Crippen MR) is 129 cm³/mol. The van der Waals surface area contributed by atoms with Gasteiger partial charge in [0.15, 0.2) is 0 Å². The highest BCUT2D eigenvalue weighted by atomic mass is 32.2. The summed E-state index contributed by atoms with van der Waals surface area (Å²) in [5, 5.41) is 3.95. The maximum atomic E-state index is 13.3. The van der Waals surface area contributed by atoms with Gasteiger partial charge in [-0.25, -0.2) is 18.2 Å². The fraction of sp³-hybridized carbons (Fsp3) is 0.200. The molecule has 0 heterocycles. The minimum Gasteiger partial charge on any atom is -0.493 e. The van der Waals surface area contributed by atoms with E-state index in [2.05, 4.69) is 10.5 Å². The van der Waals surface area contributed by atoms with E-state index in [4.69, 9.17) is 4.74 Å². The van der Waals surface area contributed by atoms with Gasteiger partial charge in [0.2, 0.25) is 10.0 Å². The maximum Gasteiger partial charge on any atom is 0.255 e. The third kappa shape index (κ3) is 6.72. The number of carbonyl (C=O) groups is 1. The van der Waals surface area contributed by atoms with E-state index < -0.39 is 28.3 Å². The van der Waals surface area contributed by atoms with E-state index in [1.807, 2.05) is 26.0 Å². The Morgan fingerprint density at radius 2 is 1.74 bits per heavy atom. The van der Waals surface area contributed by atoms with Crippen molar-refractivity contribution in [3.05, 3.63) is 95.3 Å². The van der Waals surface area contributed by atoms with Crippen LogP contribution in [0.3, 0.4) is 0 Å². The summed E-state index contributed by atoms with van der Waals surface area (Å²) >= 11 is 0. The summed E-state index contributed by atoms with van der Waals surface area (Å²) in [6, 6.07) is 19.0. The highest BCUT2D eigenvalue weighted by molar-refractivity contribution is 7.89. The number of sulfonamides is 1. The number of carbonyl (C=O) groups excluding carboxylic acids is 1. The number of rotatable bonds is 10. The number of benzene rings is 3. The van der Waals surface area contributed by atoms with Crippen molar-refractivity contribution in [1.82, 2.24) is 9.73 Å². The van der Waals surface area contributed by atoms with Gasteiger partial charge in [0, 0.05) is 12.1 Å². The molecule has 3 aromatic carbocycles. The van der Waals surface area contributed by atoms with Crippen molar-refractivity contribution in [2.45, 2.75) is 25.3 Å². The molecule has 0 aliphatic rings. The zero-order valence-electron chi connectivity index (χ0n) is 18.9. The van der Waals surface area contributed by atoms with Crippen molar-refractivity contribution in [2.24, 2.45) is 5.10 Å². The van der Waals surface area contributed by atoms with Crippen LogP contribution in [0.15, 0.2) is 82.8 Å². The minimum atomic E-state index is -4.01. The lowest BCUT2D eigenvalue weighted by Crippen LogP contribution is -2.39. The molecule has 3 rings (SSSR count). The van der Waals surface area contributed by atoms with E-state index in [0.717, 1.165) is 9.87 Å². The second kappa shape index (κ2) is 11.5. The molecule has 9 heteroatoms. The standard InChI is InChI=1S/C25H26FN3O4S/c1-3-33-24-7-5-4-6-21(24)16-27-28-25(30)18-29(17-20-10-12-22(26)13-11-20)34(31,32)23-14-8-19(2)9-15-23/h4-16H,3,17-18H2,1-2H3,(H,28,30)/b27-16-. The fourth-order valence-corrected chi connectivity index (χ4v) is 4.51. The molecule has 0 aromatic heterocycles. The minimum absolute atomic E-state index is 0.0576. The van der Waals surface area contributed by atoms with Gasteiger partial charge in [-0.3, -0.25) is 4.79 Å². The number of amides is 1. The summed E-state index contributed by atoms with van der Waals surface area (Å²) in [6.45, 7) is 3.60. The van der Waals surface area contributed by atoms with Crippen LogP contribution in [-0.4, -0.2) is 38.0 Å². The Hall–Kier alpha value is -3.56. The maximum absolute atomic E-state index is 13.3. The summed E-state index contributed by atoms with van der Waals surface area (Å²) in [5.41, 5.74) is 4.48. The molecule has 178 valence electrons. The molecule has 0 spiro atoms. The quantitative estimate of drug-likeness (QED) is 0.350. The van der Waals surface area contributed by atoms with E-state index >= 15 is 0 Å². The van der Waals surface area contributed by atoms with Gasteiger partial charge in [0.25, 0.3) is 5.91 Å². The molecule has 7 nitrogen and oxygen atoms in total. The third-order valence-corrected chi connectivity index (χ3v) is 6.67. The molecule has 0 atom stereocenters. The summed E-state index contributed by atoms with van der Waals surface area (Å²) < 4.78 is 46.4. The van der Waals surface area contributed by atoms with Crippen molar-refractivity contribution in [2.75, 3.05) is 13.2 Å². The number of nitrogens with zero attached hydrogens (tertiary/aromatic N) is 2. The SMILES string of the molecule is CCOc1ccccc1/C=N\NC(=O)CN(Cc1ccc(F)cc1)S(=O)(=O)c1ccc(C)cc1. The van der Waals surface area contributed by atoms with Gasteiger partial charge in [-0.2, -0.15) is 9.41 Å². The summed E-state index contributed by atoms with van der Waals surface area (Å²) in [4.78, 5) is 12.7. The average Bonchev–Trinajstić information content (AvgIpc) is 2.81. The number of hydrazone groups is 1. The van der Waals surface area contributed by atoms with Crippen LogP contribution >= 0.6 is 0 Å². The van der Waals surface area contributed by atoms with Gasteiger partial charge in [0.1, 0.15) is 11.6 Å². The van der Waals surface area contributed by atoms with E-state index in [0.29, 0.717) is 23.5 Å². The van der Waals surface area contributed by atoms with Crippen LogP contribution in [0.1, 0.15) is 23.6 Å². The normalized spacial score (nSPS) is 11.6. The Morgan fingerprint density at radius 1 is 1.06 bits per heavy atom. The first kappa shape index (κ1) is 25.1. The van der Waals surface area contributed by atoms with Crippen molar-refractivity contribution < 1.29 is 22.3 Å². The predicted octanol–water partition coefficient (Wildman–Crippen LogP) is 3.87. The van der Waals surface area contributed by atoms with Crippen LogP contribution in [-0.2, 0) is 21.4 Å². The Bertz CT molecular complexity index is 1240. The first-order valence-electron chi connectivity index (χ1n) is 10.6. The summed E-state index contributed by atoms with van der Waals surface area (Å²) in [7, 11) is -4.01. The lowest BCUT2D eigenvalue weighted by molar-refractivity contribution is -0.121. The topological polar surface area (TPSA) is 88.1 Å². The number of aryl methyl sites for hydroxylation is 1. The molecule has 0 unspecified atom stereocenters. The zero-order chi connectivity index (χ0) is 24.6. The molecule has 0 saturated carbocycles. The molecule has 0 radical (unpaired) electrons. The highest BCUT2D eigenvalue weighted by Crippen LogP contribution is 2.19. The molecule has 0 fully saturated rings. The van der Waals surface area contributed by atoms with Crippen molar-refractivity contribution in [3.8, 4) is 5.75 Å². The van der Waals surface area contributed by atoms with E-state index in [9.17, 15) is 17.6 Å². The second-order valence-corrected chi connectivity index (χ2v) is 9.41. The van der Waals surface area contributed by atoms with E-state index in [-0.39, 0.29) is 11.4 Å². The Labute approximate surface area is 198 Å². The van der Waals surface area contributed by atoms with Gasteiger partial charge >= 0.3 is 0 Å². The number of para-hydroxylation sites is 1. The number of hydrogen-bond acceptors (Lipinski definition) is 5. The fourth-order valence-electron chi connectivity index (χ4n) is 3.12. The molecule has 0 aliphatic carbocycles. The summed E-state index contributed by atoms with van der Waals surface area (Å²) in [6.07, 6.45) is 1.43. The molecule has 34 heavy (non-hydrogen) atoms. The first-order chi connectivity index (χ1) is 16.3. The lowest BCUT2D eigenvalue weighted by Gasteiger charge is -2.21. The van der Waals surface area contributed by atoms with Gasteiger partial charge < -0.3 is 4.74 Å². The van der Waals surface area contributed by atoms with E-state index in [1.165, 1.54) is 42.6 Å². The van der Waals surface area contributed by atoms with Crippen molar-refractivity contribution in [3.63, 3.8) is 0 Å². The van der Waals surface area contributed by atoms with Crippen LogP contribution in [0.5, 0.6) is 5.75 Å². The second-order valence-electron chi connectivity index (χ2n) is 7.48. The Kier molecular flexibility index (Phi) is 8.50. The van der Waals surface area contributed by atoms with Crippen LogP contribution in [0.4, 0.5) is 4.39 Å². The van der Waals surface area contributed by atoms with Gasteiger partial charge in [0.05, 0.1) is 24.3 Å². The third-order valence-electron chi connectivity index (χ3n) is 4.86. The lowest BCUT2D eigenvalue weighted by atomic mass is 10.2. The average molecular weight is 484 g/mol. The number of ether oxygens (including phenoxy) is 1. The zero-order valence-corrected chi connectivity index (χ0v) is 19.8. The van der Waals surface area contributed by atoms with Gasteiger partial charge in [-0.05, 0) is 55.8 Å². The number of nitrogens with one attached hydrogen (secondary N) is 1. The monoisotopic (exact) mass is 483 g/mol. The largest absolute Gasteiger partial charge is 0.493 e. The molecular weight excluding hydrogens is 457 g/mol. The molecule has 0 saturated heterocycles. The van der Waals surface area contributed by atoms with Gasteiger partial charge in [-0.15, -0.1) is 0 Å². The number of hydrogen-bond donors (Lipinski definition) is 1. The highest BCUT2D eigenvalue weighted by Gasteiger charge is 2.27.